The number of halogens is 1. The fourth-order valence-electron chi connectivity index (χ4n) is 2.35. The Morgan fingerprint density at radius 1 is 1.43 bits per heavy atom. The highest BCUT2D eigenvalue weighted by Gasteiger charge is 2.44. The normalized spacial score (nSPS) is 30.5. The lowest BCUT2D eigenvalue weighted by molar-refractivity contribution is 0.217. The third kappa shape index (κ3) is 1.31. The van der Waals surface area contributed by atoms with Crippen molar-refractivity contribution in [1.82, 2.24) is 0 Å². The average Bonchev–Trinajstić information content (AvgIpc) is 2.14. The van der Waals surface area contributed by atoms with Crippen molar-refractivity contribution in [3.8, 4) is 6.07 Å². The minimum Gasteiger partial charge on any atom is -0.197 e. The molecule has 2 rings (SSSR count). The first-order valence-corrected chi connectivity index (χ1v) is 5.22. The van der Waals surface area contributed by atoms with Gasteiger partial charge in [-0.1, -0.05) is 36.7 Å². The van der Waals surface area contributed by atoms with Crippen molar-refractivity contribution in [3.63, 3.8) is 0 Å². The van der Waals surface area contributed by atoms with Gasteiger partial charge in [0.05, 0.1) is 11.5 Å². The molecule has 1 aliphatic rings. The van der Waals surface area contributed by atoms with Crippen LogP contribution in [0.2, 0.25) is 5.02 Å². The van der Waals surface area contributed by atoms with Gasteiger partial charge < -0.3 is 0 Å². The van der Waals surface area contributed by atoms with Crippen molar-refractivity contribution in [1.29, 1.82) is 5.26 Å². The fourth-order valence-corrected chi connectivity index (χ4v) is 2.67. The van der Waals surface area contributed by atoms with E-state index in [1.165, 1.54) is 0 Å². The summed E-state index contributed by atoms with van der Waals surface area (Å²) in [5.41, 5.74) is 0.694. The monoisotopic (exact) mass is 205 g/mol. The second kappa shape index (κ2) is 3.29. The van der Waals surface area contributed by atoms with E-state index in [0.29, 0.717) is 5.92 Å². The van der Waals surface area contributed by atoms with Gasteiger partial charge in [-0.05, 0) is 30.4 Å². The maximum absolute atomic E-state index is 9.22. The molecule has 14 heavy (non-hydrogen) atoms. The first kappa shape index (κ1) is 9.55. The molecule has 0 saturated heterocycles. The van der Waals surface area contributed by atoms with Crippen molar-refractivity contribution in [2.75, 3.05) is 0 Å². The smallest absolute Gasteiger partial charge is 0.0841 e. The van der Waals surface area contributed by atoms with E-state index in [9.17, 15) is 5.26 Å². The third-order valence-electron chi connectivity index (χ3n) is 3.00. The summed E-state index contributed by atoms with van der Waals surface area (Å²) in [7, 11) is 0. The molecule has 0 atom stereocenters. The number of nitriles is 1. The Morgan fingerprint density at radius 3 is 2.57 bits per heavy atom. The van der Waals surface area contributed by atoms with E-state index in [4.69, 9.17) is 11.6 Å². The van der Waals surface area contributed by atoms with E-state index in [1.54, 1.807) is 0 Å². The average molecular weight is 206 g/mol. The highest BCUT2D eigenvalue weighted by Crippen LogP contribution is 2.48. The van der Waals surface area contributed by atoms with E-state index in [0.717, 1.165) is 23.4 Å². The molecule has 0 bridgehead atoms. The Hall–Kier alpha value is -1.00. The number of rotatable bonds is 1. The van der Waals surface area contributed by atoms with Gasteiger partial charge in [-0.25, -0.2) is 0 Å². The van der Waals surface area contributed by atoms with Gasteiger partial charge in [0.25, 0.3) is 0 Å². The summed E-state index contributed by atoms with van der Waals surface area (Å²) >= 11 is 6.10. The van der Waals surface area contributed by atoms with Gasteiger partial charge in [-0.3, -0.25) is 0 Å². The lowest BCUT2D eigenvalue weighted by Gasteiger charge is -2.41. The summed E-state index contributed by atoms with van der Waals surface area (Å²) in [4.78, 5) is 0. The topological polar surface area (TPSA) is 23.8 Å². The van der Waals surface area contributed by atoms with Crippen LogP contribution >= 0.6 is 11.6 Å². The van der Waals surface area contributed by atoms with Crippen LogP contribution in [0, 0.1) is 17.2 Å². The maximum Gasteiger partial charge on any atom is 0.0841 e. The predicted octanol–water partition coefficient (Wildman–Crippen LogP) is 3.53. The molecular weight excluding hydrogens is 194 g/mol. The van der Waals surface area contributed by atoms with E-state index in [1.807, 2.05) is 24.3 Å². The summed E-state index contributed by atoms with van der Waals surface area (Å²) in [5, 5.41) is 9.95. The number of hydrogen-bond donors (Lipinski definition) is 0. The van der Waals surface area contributed by atoms with Gasteiger partial charge in [-0.2, -0.15) is 5.26 Å². The van der Waals surface area contributed by atoms with Crippen molar-refractivity contribution >= 4 is 11.6 Å². The van der Waals surface area contributed by atoms with E-state index >= 15 is 0 Å². The molecule has 0 aliphatic heterocycles. The molecule has 0 N–H and O–H groups in total. The molecule has 0 amide bonds. The van der Waals surface area contributed by atoms with Crippen LogP contribution in [0.1, 0.15) is 25.3 Å². The Bertz CT molecular complexity index is 386. The minimum absolute atomic E-state index is 0.308. The van der Waals surface area contributed by atoms with Gasteiger partial charge >= 0.3 is 0 Å². The molecule has 1 aliphatic carbocycles. The van der Waals surface area contributed by atoms with E-state index < -0.39 is 0 Å². The highest BCUT2D eigenvalue weighted by molar-refractivity contribution is 6.31. The summed E-state index contributed by atoms with van der Waals surface area (Å²) in [5.74, 6) is 0.644. The molecule has 0 spiro atoms. The van der Waals surface area contributed by atoms with E-state index in [2.05, 4.69) is 13.0 Å². The standard InChI is InChI=1S/C12H12ClN/c1-9-6-12(7-9,8-14)10-4-2-3-5-11(10)13/h2-5,9H,6-7H2,1H3. The molecule has 0 aromatic heterocycles. The molecule has 1 saturated carbocycles. The summed E-state index contributed by atoms with van der Waals surface area (Å²) in [6.07, 6.45) is 1.88. The van der Waals surface area contributed by atoms with Crippen molar-refractivity contribution in [2.45, 2.75) is 25.2 Å². The fraction of sp³-hybridized carbons (Fsp3) is 0.417. The Kier molecular flexibility index (Phi) is 2.25. The molecule has 1 aromatic rings. The molecule has 0 radical (unpaired) electrons. The van der Waals surface area contributed by atoms with Crippen molar-refractivity contribution < 1.29 is 0 Å². The van der Waals surface area contributed by atoms with Gasteiger partial charge in [0.15, 0.2) is 0 Å². The summed E-state index contributed by atoms with van der Waals surface area (Å²) < 4.78 is 0. The van der Waals surface area contributed by atoms with Gasteiger partial charge in [-0.15, -0.1) is 0 Å². The Balaban J connectivity index is 2.40. The van der Waals surface area contributed by atoms with Crippen LogP contribution in [0.5, 0.6) is 0 Å². The minimum atomic E-state index is -0.308. The lowest BCUT2D eigenvalue weighted by Crippen LogP contribution is -2.38. The van der Waals surface area contributed by atoms with Crippen LogP contribution in [-0.4, -0.2) is 0 Å². The summed E-state index contributed by atoms with van der Waals surface area (Å²) in [6, 6.07) is 10.1. The van der Waals surface area contributed by atoms with Crippen LogP contribution in [0.25, 0.3) is 0 Å². The maximum atomic E-state index is 9.22. The molecule has 72 valence electrons. The number of nitrogens with zero attached hydrogens (tertiary/aromatic N) is 1. The van der Waals surface area contributed by atoms with Crippen LogP contribution in [0.15, 0.2) is 24.3 Å². The second-order valence-electron chi connectivity index (χ2n) is 4.19. The van der Waals surface area contributed by atoms with Crippen LogP contribution in [-0.2, 0) is 5.41 Å². The molecule has 1 nitrogen and oxygen atoms in total. The number of hydrogen-bond acceptors (Lipinski definition) is 1. The zero-order valence-corrected chi connectivity index (χ0v) is 8.88. The first-order valence-electron chi connectivity index (χ1n) is 4.84. The molecule has 0 heterocycles. The Labute approximate surface area is 89.3 Å². The highest BCUT2D eigenvalue weighted by atomic mass is 35.5. The molecule has 1 aromatic carbocycles. The van der Waals surface area contributed by atoms with Crippen LogP contribution in [0.3, 0.4) is 0 Å². The summed E-state index contributed by atoms with van der Waals surface area (Å²) in [6.45, 7) is 2.17. The number of benzene rings is 1. The Morgan fingerprint density at radius 2 is 2.07 bits per heavy atom. The molecule has 1 fully saturated rings. The van der Waals surface area contributed by atoms with Crippen molar-refractivity contribution in [3.05, 3.63) is 34.9 Å². The zero-order valence-electron chi connectivity index (χ0n) is 8.13. The zero-order chi connectivity index (χ0) is 10.2. The van der Waals surface area contributed by atoms with Gasteiger partial charge in [0.1, 0.15) is 0 Å². The molecule has 2 heteroatoms. The largest absolute Gasteiger partial charge is 0.197 e. The predicted molar refractivity (Wildman–Crippen MR) is 57.1 cm³/mol. The first-order chi connectivity index (χ1) is 6.68. The lowest BCUT2D eigenvalue weighted by atomic mass is 9.60. The molecular formula is C12H12ClN. The van der Waals surface area contributed by atoms with Crippen LogP contribution < -0.4 is 0 Å². The van der Waals surface area contributed by atoms with Crippen LogP contribution in [0.4, 0.5) is 0 Å². The third-order valence-corrected chi connectivity index (χ3v) is 3.33. The quantitative estimate of drug-likeness (QED) is 0.688. The van der Waals surface area contributed by atoms with E-state index in [-0.39, 0.29) is 5.41 Å². The second-order valence-corrected chi connectivity index (χ2v) is 4.59. The molecule has 0 unspecified atom stereocenters. The SMILES string of the molecule is CC1CC(C#N)(c2ccccc2Cl)C1. The van der Waals surface area contributed by atoms with Gasteiger partial charge in [0.2, 0.25) is 0 Å². The van der Waals surface area contributed by atoms with Crippen molar-refractivity contribution in [2.24, 2.45) is 5.92 Å². The van der Waals surface area contributed by atoms with Gasteiger partial charge in [0, 0.05) is 5.02 Å².